The van der Waals surface area contributed by atoms with E-state index in [0.29, 0.717) is 0 Å². The minimum atomic E-state index is -0.673. The van der Waals surface area contributed by atoms with Gasteiger partial charge < -0.3 is 14.5 Å². The summed E-state index contributed by atoms with van der Waals surface area (Å²) in [6.07, 6.45) is 1.47. The molecular formula is C27H25NO2. The van der Waals surface area contributed by atoms with E-state index in [4.69, 9.17) is 9.15 Å². The van der Waals surface area contributed by atoms with E-state index in [2.05, 4.69) is 78.1 Å². The average Bonchev–Trinajstić information content (AvgIpc) is 3.23. The summed E-state index contributed by atoms with van der Waals surface area (Å²) in [4.78, 5) is 0. The summed E-state index contributed by atoms with van der Waals surface area (Å²) in [6, 6.07) is 33.5. The van der Waals surface area contributed by atoms with Gasteiger partial charge >= 0.3 is 0 Å². The van der Waals surface area contributed by atoms with Gasteiger partial charge in [0.1, 0.15) is 23.3 Å². The number of hydrogen-bond donors (Lipinski definition) is 1. The first-order valence-electron chi connectivity index (χ1n) is 10.5. The maximum atomic E-state index is 6.95. The van der Waals surface area contributed by atoms with Crippen molar-refractivity contribution < 1.29 is 9.15 Å². The molecule has 0 amide bonds. The van der Waals surface area contributed by atoms with Gasteiger partial charge in [-0.25, -0.2) is 0 Å². The van der Waals surface area contributed by atoms with E-state index in [1.165, 1.54) is 0 Å². The summed E-state index contributed by atoms with van der Waals surface area (Å²) in [5, 5.41) is 3.60. The fraction of sp³-hybridized carbons (Fsp3) is 0.185. The van der Waals surface area contributed by atoms with Gasteiger partial charge in [0.15, 0.2) is 0 Å². The lowest BCUT2D eigenvalue weighted by Crippen LogP contribution is -2.44. The Morgan fingerprint density at radius 3 is 2.03 bits per heavy atom. The molecule has 1 atom stereocenters. The van der Waals surface area contributed by atoms with E-state index >= 15 is 0 Å². The van der Waals surface area contributed by atoms with Crippen molar-refractivity contribution in [2.24, 2.45) is 0 Å². The lowest BCUT2D eigenvalue weighted by atomic mass is 9.78. The standard InChI is InChI=1S/C27H25NO2/c1-20-16-17-23(29-20)18-19-26-28-25-15-9-8-14-24(25)27(30-26,21-10-4-2-5-11-21)22-12-6-3-7-13-22/h2-17,26,28H,18-19H2,1H3. The minimum Gasteiger partial charge on any atom is -0.466 e. The third-order valence-electron chi connectivity index (χ3n) is 5.75. The van der Waals surface area contributed by atoms with Gasteiger partial charge in [0.25, 0.3) is 0 Å². The Morgan fingerprint density at radius 1 is 0.767 bits per heavy atom. The van der Waals surface area contributed by atoms with Crippen LogP contribution in [-0.4, -0.2) is 6.23 Å². The molecule has 150 valence electrons. The molecule has 4 aromatic rings. The smallest absolute Gasteiger partial charge is 0.148 e. The van der Waals surface area contributed by atoms with Crippen LogP contribution in [0.4, 0.5) is 5.69 Å². The molecule has 0 aliphatic carbocycles. The number of fused-ring (bicyclic) bond motifs is 1. The molecule has 1 aromatic heterocycles. The van der Waals surface area contributed by atoms with Crippen LogP contribution in [0, 0.1) is 6.92 Å². The van der Waals surface area contributed by atoms with E-state index in [-0.39, 0.29) is 6.23 Å². The van der Waals surface area contributed by atoms with Crippen LogP contribution in [0.3, 0.4) is 0 Å². The number of ether oxygens (including phenoxy) is 1. The summed E-state index contributed by atoms with van der Waals surface area (Å²) in [5.41, 5.74) is 3.83. The zero-order chi connectivity index (χ0) is 20.4. The van der Waals surface area contributed by atoms with Crippen molar-refractivity contribution in [3.63, 3.8) is 0 Å². The summed E-state index contributed by atoms with van der Waals surface area (Å²) in [5.74, 6) is 1.93. The quantitative estimate of drug-likeness (QED) is 0.432. The molecule has 2 heterocycles. The van der Waals surface area contributed by atoms with E-state index in [1.54, 1.807) is 0 Å². The lowest BCUT2D eigenvalue weighted by Gasteiger charge is -2.44. The Balaban J connectivity index is 1.60. The molecule has 1 aliphatic rings. The van der Waals surface area contributed by atoms with Gasteiger partial charge in [0.05, 0.1) is 0 Å². The molecule has 0 bridgehead atoms. The maximum Gasteiger partial charge on any atom is 0.148 e. The van der Waals surface area contributed by atoms with Crippen molar-refractivity contribution in [2.75, 3.05) is 5.32 Å². The van der Waals surface area contributed by atoms with Crippen LogP contribution in [0.25, 0.3) is 0 Å². The first kappa shape index (κ1) is 18.7. The first-order valence-corrected chi connectivity index (χ1v) is 10.5. The summed E-state index contributed by atoms with van der Waals surface area (Å²) >= 11 is 0. The van der Waals surface area contributed by atoms with Crippen molar-refractivity contribution in [3.05, 3.63) is 125 Å². The van der Waals surface area contributed by atoms with Crippen molar-refractivity contribution in [1.82, 2.24) is 0 Å². The zero-order valence-electron chi connectivity index (χ0n) is 17.0. The molecule has 3 nitrogen and oxygen atoms in total. The van der Waals surface area contributed by atoms with Crippen molar-refractivity contribution in [1.29, 1.82) is 0 Å². The monoisotopic (exact) mass is 395 g/mol. The fourth-order valence-electron chi connectivity index (χ4n) is 4.38. The number of aryl methyl sites for hydroxylation is 2. The topological polar surface area (TPSA) is 34.4 Å². The molecule has 3 aromatic carbocycles. The fourth-order valence-corrected chi connectivity index (χ4v) is 4.38. The van der Waals surface area contributed by atoms with Gasteiger partial charge in [0, 0.05) is 17.7 Å². The molecule has 0 fully saturated rings. The Morgan fingerprint density at radius 2 is 1.40 bits per heavy atom. The molecule has 0 radical (unpaired) electrons. The van der Waals surface area contributed by atoms with Crippen LogP contribution in [0.1, 0.15) is 34.6 Å². The molecule has 1 aliphatic heterocycles. The lowest BCUT2D eigenvalue weighted by molar-refractivity contribution is -0.0449. The number of furan rings is 1. The highest BCUT2D eigenvalue weighted by Crippen LogP contribution is 2.47. The van der Waals surface area contributed by atoms with Crippen LogP contribution in [-0.2, 0) is 16.8 Å². The normalized spacial score (nSPS) is 17.2. The van der Waals surface area contributed by atoms with E-state index in [1.807, 2.05) is 31.2 Å². The number of hydrogen-bond acceptors (Lipinski definition) is 3. The summed E-state index contributed by atoms with van der Waals surface area (Å²) in [6.45, 7) is 1.98. The largest absolute Gasteiger partial charge is 0.466 e. The van der Waals surface area contributed by atoms with Gasteiger partial charge in [0.2, 0.25) is 0 Å². The molecule has 3 heteroatoms. The number of nitrogens with one attached hydrogen (secondary N) is 1. The Hall–Kier alpha value is -3.30. The molecule has 0 saturated heterocycles. The maximum absolute atomic E-state index is 6.95. The van der Waals surface area contributed by atoms with Gasteiger partial charge in [-0.2, -0.15) is 0 Å². The van der Waals surface area contributed by atoms with Crippen molar-refractivity contribution in [2.45, 2.75) is 31.6 Å². The molecular weight excluding hydrogens is 370 g/mol. The van der Waals surface area contributed by atoms with Crippen LogP contribution < -0.4 is 5.32 Å². The first-order chi connectivity index (χ1) is 14.8. The molecule has 30 heavy (non-hydrogen) atoms. The minimum absolute atomic E-state index is 0.147. The van der Waals surface area contributed by atoms with Gasteiger partial charge in [-0.15, -0.1) is 0 Å². The highest BCUT2D eigenvalue weighted by Gasteiger charge is 2.44. The Labute approximate surface area is 177 Å². The summed E-state index contributed by atoms with van der Waals surface area (Å²) in [7, 11) is 0. The van der Waals surface area contributed by atoms with E-state index in [0.717, 1.165) is 46.7 Å². The summed E-state index contributed by atoms with van der Waals surface area (Å²) < 4.78 is 12.7. The second kappa shape index (κ2) is 7.85. The van der Waals surface area contributed by atoms with Gasteiger partial charge in [-0.1, -0.05) is 78.9 Å². The molecule has 0 saturated carbocycles. The van der Waals surface area contributed by atoms with Gasteiger partial charge in [-0.3, -0.25) is 0 Å². The average molecular weight is 396 g/mol. The van der Waals surface area contributed by atoms with Crippen LogP contribution >= 0.6 is 0 Å². The van der Waals surface area contributed by atoms with E-state index < -0.39 is 5.60 Å². The Bertz CT molecular complexity index is 1080. The predicted octanol–water partition coefficient (Wildman–Crippen LogP) is 6.28. The van der Waals surface area contributed by atoms with Crippen LogP contribution in [0.2, 0.25) is 0 Å². The van der Waals surface area contributed by atoms with Crippen molar-refractivity contribution in [3.8, 4) is 0 Å². The SMILES string of the molecule is Cc1ccc(CCC2Nc3ccccc3C(c3ccccc3)(c3ccccc3)O2)o1. The Kier molecular flexibility index (Phi) is 4.89. The number of benzene rings is 3. The predicted molar refractivity (Wildman–Crippen MR) is 119 cm³/mol. The van der Waals surface area contributed by atoms with Crippen molar-refractivity contribution >= 4 is 5.69 Å². The second-order valence-corrected chi connectivity index (χ2v) is 7.76. The van der Waals surface area contributed by atoms with Crippen LogP contribution in [0.15, 0.2) is 101 Å². The molecule has 1 N–H and O–H groups in total. The third kappa shape index (κ3) is 3.31. The molecule has 0 spiro atoms. The second-order valence-electron chi connectivity index (χ2n) is 7.76. The highest BCUT2D eigenvalue weighted by atomic mass is 16.5. The number of anilines is 1. The van der Waals surface area contributed by atoms with E-state index in [9.17, 15) is 0 Å². The number of para-hydroxylation sites is 1. The third-order valence-corrected chi connectivity index (χ3v) is 5.75. The highest BCUT2D eigenvalue weighted by molar-refractivity contribution is 5.63. The zero-order valence-corrected chi connectivity index (χ0v) is 17.0. The van der Waals surface area contributed by atoms with Crippen LogP contribution in [0.5, 0.6) is 0 Å². The molecule has 5 rings (SSSR count). The van der Waals surface area contributed by atoms with Gasteiger partial charge in [-0.05, 0) is 42.7 Å². The number of rotatable bonds is 5. The molecule has 1 unspecified atom stereocenters.